The van der Waals surface area contributed by atoms with Gasteiger partial charge >= 0.3 is 0 Å². The van der Waals surface area contributed by atoms with Crippen LogP contribution < -0.4 is 0 Å². The van der Waals surface area contributed by atoms with Gasteiger partial charge in [-0.05, 0) is 73.3 Å². The van der Waals surface area contributed by atoms with Gasteiger partial charge in [0.2, 0.25) is 0 Å². The van der Waals surface area contributed by atoms with Gasteiger partial charge < -0.3 is 10.2 Å². The first-order valence-electron chi connectivity index (χ1n) is 8.72. The second kappa shape index (κ2) is 5.68. The molecule has 1 saturated carbocycles. The molecule has 2 nitrogen and oxygen atoms in total. The number of aliphatic hydroxyl groups is 1. The molecule has 2 heteroatoms. The molecule has 2 aromatic carbocycles. The van der Waals surface area contributed by atoms with E-state index in [2.05, 4.69) is 36.4 Å². The van der Waals surface area contributed by atoms with E-state index >= 15 is 0 Å². The van der Waals surface area contributed by atoms with E-state index in [0.717, 1.165) is 38.5 Å². The molecule has 2 unspecified atom stereocenters. The molecule has 1 fully saturated rings. The molecule has 2 aliphatic carbocycles. The molecule has 0 spiro atoms. The van der Waals surface area contributed by atoms with Crippen LogP contribution in [-0.2, 0) is 18.3 Å². The fourth-order valence-corrected chi connectivity index (χ4v) is 4.94. The normalized spacial score (nSPS) is 29.6. The minimum atomic E-state index is -0.150. The molecule has 2 N–H and O–H groups in total. The van der Waals surface area contributed by atoms with Crippen LogP contribution >= 0.6 is 0 Å². The lowest BCUT2D eigenvalue weighted by atomic mass is 9.54. The van der Waals surface area contributed by atoms with E-state index in [4.69, 9.17) is 0 Å². The predicted octanol–water partition coefficient (Wildman–Crippen LogP) is 3.98. The zero-order chi connectivity index (χ0) is 15.9. The van der Waals surface area contributed by atoms with Gasteiger partial charge in [0.1, 0.15) is 5.75 Å². The van der Waals surface area contributed by atoms with Crippen molar-refractivity contribution in [2.24, 2.45) is 5.92 Å². The number of hydrogen-bond donors (Lipinski definition) is 2. The van der Waals surface area contributed by atoms with E-state index in [1.807, 2.05) is 12.1 Å². The molecule has 120 valence electrons. The first-order valence-corrected chi connectivity index (χ1v) is 8.72. The maximum atomic E-state index is 10.2. The number of aliphatic hydroxyl groups excluding tert-OH is 1. The van der Waals surface area contributed by atoms with Crippen molar-refractivity contribution in [3.8, 4) is 5.75 Å². The average molecular weight is 308 g/mol. The zero-order valence-corrected chi connectivity index (χ0v) is 13.4. The van der Waals surface area contributed by atoms with Gasteiger partial charge in [-0.2, -0.15) is 0 Å². The summed E-state index contributed by atoms with van der Waals surface area (Å²) >= 11 is 0. The van der Waals surface area contributed by atoms with E-state index in [1.54, 1.807) is 0 Å². The van der Waals surface area contributed by atoms with E-state index in [0.29, 0.717) is 11.7 Å². The highest BCUT2D eigenvalue weighted by Gasteiger charge is 2.47. The van der Waals surface area contributed by atoms with Crippen LogP contribution in [-0.4, -0.2) is 16.3 Å². The Morgan fingerprint density at radius 2 is 1.87 bits per heavy atom. The van der Waals surface area contributed by atoms with Crippen molar-refractivity contribution in [1.82, 2.24) is 0 Å². The molecule has 4 rings (SSSR count). The number of fused-ring (bicyclic) bond motifs is 3. The molecule has 0 saturated heterocycles. The SMILES string of the molecule is Oc1ccc2c(c1)CCC1CC(O)CC[C@@]21Cc1ccccc1. The number of benzene rings is 2. The van der Waals surface area contributed by atoms with Crippen molar-refractivity contribution in [3.63, 3.8) is 0 Å². The Labute approximate surface area is 137 Å². The highest BCUT2D eigenvalue weighted by atomic mass is 16.3. The minimum Gasteiger partial charge on any atom is -0.508 e. The molecule has 2 aromatic rings. The zero-order valence-electron chi connectivity index (χ0n) is 13.4. The minimum absolute atomic E-state index is 0.113. The number of hydrogen-bond acceptors (Lipinski definition) is 2. The standard InChI is InChI=1S/C21H24O2/c22-18-8-9-20-16(12-18)6-7-17-13-19(23)10-11-21(17,20)14-15-4-2-1-3-5-15/h1-5,8-9,12,17,19,22-23H,6-7,10-11,13-14H2/t17?,19?,21-/m0/s1. The van der Waals surface area contributed by atoms with Crippen molar-refractivity contribution < 1.29 is 10.2 Å². The largest absolute Gasteiger partial charge is 0.508 e. The number of aromatic hydroxyl groups is 1. The second-order valence-corrected chi connectivity index (χ2v) is 7.32. The van der Waals surface area contributed by atoms with Gasteiger partial charge in [0.25, 0.3) is 0 Å². The number of aryl methyl sites for hydroxylation is 1. The molecule has 2 aliphatic rings. The van der Waals surface area contributed by atoms with Crippen molar-refractivity contribution in [2.45, 2.75) is 50.0 Å². The molecule has 0 bridgehead atoms. The second-order valence-electron chi connectivity index (χ2n) is 7.32. The van der Waals surface area contributed by atoms with Gasteiger partial charge in [-0.3, -0.25) is 0 Å². The Balaban J connectivity index is 1.80. The molecule has 3 atom stereocenters. The van der Waals surface area contributed by atoms with Crippen LogP contribution in [0.25, 0.3) is 0 Å². The highest BCUT2D eigenvalue weighted by molar-refractivity contribution is 5.44. The molecule has 0 radical (unpaired) electrons. The third-order valence-corrected chi connectivity index (χ3v) is 6.01. The van der Waals surface area contributed by atoms with Crippen molar-refractivity contribution in [2.75, 3.05) is 0 Å². The van der Waals surface area contributed by atoms with Gasteiger partial charge in [0, 0.05) is 5.41 Å². The number of phenolic OH excluding ortho intramolecular Hbond substituents is 1. The lowest BCUT2D eigenvalue weighted by Crippen LogP contribution is -2.46. The molecular formula is C21H24O2. The number of phenols is 1. The Morgan fingerprint density at radius 3 is 2.70 bits per heavy atom. The van der Waals surface area contributed by atoms with E-state index < -0.39 is 0 Å². The van der Waals surface area contributed by atoms with Crippen LogP contribution in [0.2, 0.25) is 0 Å². The predicted molar refractivity (Wildman–Crippen MR) is 91.6 cm³/mol. The van der Waals surface area contributed by atoms with E-state index in [1.165, 1.54) is 16.7 Å². The average Bonchev–Trinajstić information content (AvgIpc) is 2.56. The van der Waals surface area contributed by atoms with Crippen LogP contribution in [0.1, 0.15) is 42.4 Å². The maximum absolute atomic E-state index is 10.2. The van der Waals surface area contributed by atoms with Crippen molar-refractivity contribution >= 4 is 0 Å². The van der Waals surface area contributed by atoms with Crippen LogP contribution in [0.15, 0.2) is 48.5 Å². The quantitative estimate of drug-likeness (QED) is 0.881. The first-order chi connectivity index (χ1) is 11.2. The summed E-state index contributed by atoms with van der Waals surface area (Å²) in [7, 11) is 0. The van der Waals surface area contributed by atoms with Crippen LogP contribution in [0, 0.1) is 5.92 Å². The van der Waals surface area contributed by atoms with Gasteiger partial charge in [-0.15, -0.1) is 0 Å². The third kappa shape index (κ3) is 2.55. The lowest BCUT2D eigenvalue weighted by Gasteiger charge is -2.50. The molecule has 0 amide bonds. The fraction of sp³-hybridized carbons (Fsp3) is 0.429. The van der Waals surface area contributed by atoms with E-state index in [9.17, 15) is 10.2 Å². The summed E-state index contributed by atoms with van der Waals surface area (Å²) in [5.74, 6) is 0.899. The third-order valence-electron chi connectivity index (χ3n) is 6.01. The van der Waals surface area contributed by atoms with E-state index in [-0.39, 0.29) is 11.5 Å². The highest BCUT2D eigenvalue weighted by Crippen LogP contribution is 2.52. The van der Waals surface area contributed by atoms with Gasteiger partial charge in [-0.1, -0.05) is 36.4 Å². The molecular weight excluding hydrogens is 284 g/mol. The smallest absolute Gasteiger partial charge is 0.115 e. The van der Waals surface area contributed by atoms with Crippen molar-refractivity contribution in [3.05, 3.63) is 65.2 Å². The summed E-state index contributed by atoms with van der Waals surface area (Å²) in [4.78, 5) is 0. The topological polar surface area (TPSA) is 40.5 Å². The van der Waals surface area contributed by atoms with Gasteiger partial charge in [0.05, 0.1) is 6.10 Å². The summed E-state index contributed by atoms with van der Waals surface area (Å²) in [6.07, 6.45) is 5.83. The Hall–Kier alpha value is -1.80. The molecule has 0 heterocycles. The summed E-state index contributed by atoms with van der Waals surface area (Å²) < 4.78 is 0. The van der Waals surface area contributed by atoms with Gasteiger partial charge in [0.15, 0.2) is 0 Å². The molecule has 23 heavy (non-hydrogen) atoms. The van der Waals surface area contributed by atoms with Gasteiger partial charge in [-0.25, -0.2) is 0 Å². The fourth-order valence-electron chi connectivity index (χ4n) is 4.94. The molecule has 0 aromatic heterocycles. The Bertz CT molecular complexity index is 694. The van der Waals surface area contributed by atoms with Crippen molar-refractivity contribution in [1.29, 1.82) is 0 Å². The summed E-state index contributed by atoms with van der Waals surface area (Å²) in [5.41, 5.74) is 4.19. The van der Waals surface area contributed by atoms with Crippen LogP contribution in [0.4, 0.5) is 0 Å². The summed E-state index contributed by atoms with van der Waals surface area (Å²) in [6.45, 7) is 0. The molecule has 0 aliphatic heterocycles. The van der Waals surface area contributed by atoms with Crippen LogP contribution in [0.5, 0.6) is 5.75 Å². The number of rotatable bonds is 2. The Morgan fingerprint density at radius 1 is 1.04 bits per heavy atom. The maximum Gasteiger partial charge on any atom is 0.115 e. The first kappa shape index (κ1) is 14.8. The van der Waals surface area contributed by atoms with Crippen LogP contribution in [0.3, 0.4) is 0 Å². The summed E-state index contributed by atoms with van der Waals surface area (Å²) in [5, 5.41) is 20.0. The summed E-state index contributed by atoms with van der Waals surface area (Å²) in [6, 6.07) is 16.6. The lowest BCUT2D eigenvalue weighted by molar-refractivity contribution is 0.0405. The Kier molecular flexibility index (Phi) is 3.65. The monoisotopic (exact) mass is 308 g/mol.